The molecule has 3 aliphatic rings. The monoisotopic (exact) mass is 503 g/mol. The second-order valence-corrected chi connectivity index (χ2v) is 9.85. The fourth-order valence-electron chi connectivity index (χ4n) is 5.70. The average Bonchev–Trinajstić information content (AvgIpc) is 3.50. The molecule has 1 fully saturated rings. The Morgan fingerprint density at radius 2 is 1.65 bits per heavy atom. The smallest absolute Gasteiger partial charge is 0.293 e. The lowest BCUT2D eigenvalue weighted by atomic mass is 9.79. The highest BCUT2D eigenvalue weighted by Crippen LogP contribution is 2.47. The van der Waals surface area contributed by atoms with Crippen LogP contribution in [0.25, 0.3) is 0 Å². The normalized spacial score (nSPS) is 23.6. The van der Waals surface area contributed by atoms with Gasteiger partial charge in [-0.05, 0) is 60.9 Å². The number of fused-ring (bicyclic) bond motifs is 2. The van der Waals surface area contributed by atoms with Crippen molar-refractivity contribution in [1.29, 1.82) is 0 Å². The second-order valence-electron chi connectivity index (χ2n) is 9.85. The fraction of sp³-hybridized carbons (Fsp3) is 0.400. The van der Waals surface area contributed by atoms with Gasteiger partial charge in [-0.2, -0.15) is 0 Å². The highest BCUT2D eigenvalue weighted by molar-refractivity contribution is 5.54. The van der Waals surface area contributed by atoms with E-state index in [-0.39, 0.29) is 25.4 Å². The number of carbonyl (C=O) groups excluding carboxylic acids is 2. The van der Waals surface area contributed by atoms with Gasteiger partial charge in [0.05, 0.1) is 6.04 Å². The van der Waals surface area contributed by atoms with E-state index in [1.54, 1.807) is 0 Å². The molecule has 5 rings (SSSR count). The van der Waals surface area contributed by atoms with E-state index in [0.717, 1.165) is 49.3 Å². The molecule has 2 bridgehead atoms. The highest BCUT2D eigenvalue weighted by Gasteiger charge is 2.53. The van der Waals surface area contributed by atoms with Gasteiger partial charge >= 0.3 is 0 Å². The van der Waals surface area contributed by atoms with Crippen LogP contribution in [0, 0.1) is 5.92 Å². The van der Waals surface area contributed by atoms with E-state index in [9.17, 15) is 9.59 Å². The molecule has 194 valence electrons. The van der Waals surface area contributed by atoms with Crippen LogP contribution in [0.3, 0.4) is 0 Å². The Labute approximate surface area is 217 Å². The molecule has 0 spiro atoms. The minimum Gasteiger partial charge on any atom is -0.463 e. The molecular weight excluding hydrogens is 470 g/mol. The van der Waals surface area contributed by atoms with Gasteiger partial charge in [-0.25, -0.2) is 0 Å². The van der Waals surface area contributed by atoms with Gasteiger partial charge in [0, 0.05) is 30.0 Å². The number of nitrogens with one attached hydrogen (secondary N) is 1. The first-order valence-corrected chi connectivity index (χ1v) is 12.9. The van der Waals surface area contributed by atoms with Crippen molar-refractivity contribution in [2.75, 3.05) is 31.7 Å². The molecule has 7 heteroatoms. The average molecular weight is 504 g/mol. The molecule has 2 aromatic rings. The van der Waals surface area contributed by atoms with Gasteiger partial charge in [-0.3, -0.25) is 9.59 Å². The molecule has 1 N–H and O–H groups in total. The summed E-state index contributed by atoms with van der Waals surface area (Å²) in [6.07, 6.45) is 7.69. The van der Waals surface area contributed by atoms with E-state index in [1.165, 1.54) is 11.1 Å². The molecule has 1 saturated heterocycles. The Bertz CT molecular complexity index is 1120. The van der Waals surface area contributed by atoms with E-state index < -0.39 is 5.60 Å². The lowest BCUT2D eigenvalue weighted by molar-refractivity contribution is -0.129. The molecule has 0 aliphatic carbocycles. The summed E-state index contributed by atoms with van der Waals surface area (Å²) in [4.78, 5) is 22.0. The largest absolute Gasteiger partial charge is 0.463 e. The molecule has 0 amide bonds. The Kier molecular flexibility index (Phi) is 8.02. The summed E-state index contributed by atoms with van der Waals surface area (Å²) in [6, 6.07) is 18.6. The van der Waals surface area contributed by atoms with E-state index >= 15 is 0 Å². The molecule has 7 nitrogen and oxygen atoms in total. The number of para-hydroxylation sites is 1. The maximum Gasteiger partial charge on any atom is 0.293 e. The topological polar surface area (TPSA) is 83.1 Å². The number of rotatable bonds is 13. The Balaban J connectivity index is 1.41. The molecule has 37 heavy (non-hydrogen) atoms. The number of benzene rings is 2. The number of hydrogen-bond acceptors (Lipinski definition) is 7. The van der Waals surface area contributed by atoms with Crippen LogP contribution in [-0.2, 0) is 41.4 Å². The first kappa shape index (κ1) is 25.2. The van der Waals surface area contributed by atoms with Crippen LogP contribution in [0.2, 0.25) is 0 Å². The lowest BCUT2D eigenvalue weighted by Crippen LogP contribution is -2.48. The number of anilines is 1. The van der Waals surface area contributed by atoms with Crippen LogP contribution >= 0.6 is 0 Å². The molecule has 0 saturated carbocycles. The zero-order valence-electron chi connectivity index (χ0n) is 20.8. The predicted molar refractivity (Wildman–Crippen MR) is 139 cm³/mol. The molecule has 3 heterocycles. The van der Waals surface area contributed by atoms with Crippen molar-refractivity contribution in [3.05, 3.63) is 89.0 Å². The summed E-state index contributed by atoms with van der Waals surface area (Å²) in [5, 5.41) is 3.67. The maximum atomic E-state index is 11.1. The van der Waals surface area contributed by atoms with Crippen molar-refractivity contribution in [3.8, 4) is 0 Å². The molecule has 3 unspecified atom stereocenters. The fourth-order valence-corrected chi connectivity index (χ4v) is 5.70. The van der Waals surface area contributed by atoms with Gasteiger partial charge in [0.15, 0.2) is 0 Å². The van der Waals surface area contributed by atoms with E-state index in [2.05, 4.69) is 29.6 Å². The number of carbonyl (C=O) groups is 2. The summed E-state index contributed by atoms with van der Waals surface area (Å²) >= 11 is 0. The maximum absolute atomic E-state index is 11.1. The van der Waals surface area contributed by atoms with Gasteiger partial charge in [0.1, 0.15) is 24.9 Å². The van der Waals surface area contributed by atoms with Gasteiger partial charge in [-0.15, -0.1) is 0 Å². The summed E-state index contributed by atoms with van der Waals surface area (Å²) in [5.41, 5.74) is 4.28. The zero-order chi connectivity index (χ0) is 25.5. The third kappa shape index (κ3) is 5.63. The first-order chi connectivity index (χ1) is 18.2. The van der Waals surface area contributed by atoms with Crippen molar-refractivity contribution >= 4 is 18.6 Å². The van der Waals surface area contributed by atoms with Gasteiger partial charge in [0.2, 0.25) is 0 Å². The minimum absolute atomic E-state index is 0.0684. The van der Waals surface area contributed by atoms with Crippen LogP contribution < -0.4 is 5.32 Å². The van der Waals surface area contributed by atoms with Crippen LogP contribution in [0.1, 0.15) is 24.0 Å². The molecular formula is C30H33NO6. The Morgan fingerprint density at radius 1 is 0.946 bits per heavy atom. The quantitative estimate of drug-likeness (QED) is 0.326. The van der Waals surface area contributed by atoms with Crippen LogP contribution in [-0.4, -0.2) is 57.1 Å². The van der Waals surface area contributed by atoms with Gasteiger partial charge in [-0.1, -0.05) is 48.5 Å². The zero-order valence-corrected chi connectivity index (χ0v) is 20.8. The minimum atomic E-state index is -0.841. The third-order valence-electron chi connectivity index (χ3n) is 7.61. The van der Waals surface area contributed by atoms with E-state index in [1.807, 2.05) is 42.5 Å². The molecule has 0 radical (unpaired) electrons. The lowest BCUT2D eigenvalue weighted by Gasteiger charge is -2.37. The first-order valence-electron chi connectivity index (χ1n) is 12.9. The Hall–Kier alpha value is -3.42. The van der Waals surface area contributed by atoms with Crippen molar-refractivity contribution in [3.63, 3.8) is 0 Å². The predicted octanol–water partition coefficient (Wildman–Crippen LogP) is 4.03. The van der Waals surface area contributed by atoms with Crippen molar-refractivity contribution in [1.82, 2.24) is 0 Å². The Morgan fingerprint density at radius 3 is 2.38 bits per heavy atom. The molecule has 0 aromatic heterocycles. The summed E-state index contributed by atoms with van der Waals surface area (Å²) in [7, 11) is 0. The molecule has 3 atom stereocenters. The number of ether oxygens (including phenoxy) is 4. The molecule has 2 aromatic carbocycles. The van der Waals surface area contributed by atoms with E-state index in [4.69, 9.17) is 18.9 Å². The van der Waals surface area contributed by atoms with Crippen LogP contribution in [0.4, 0.5) is 5.69 Å². The summed E-state index contributed by atoms with van der Waals surface area (Å²) in [6.45, 7) is 2.74. The van der Waals surface area contributed by atoms with Crippen molar-refractivity contribution < 1.29 is 28.5 Å². The second kappa shape index (κ2) is 11.8. The van der Waals surface area contributed by atoms with Crippen molar-refractivity contribution in [2.45, 2.75) is 43.4 Å². The third-order valence-corrected chi connectivity index (χ3v) is 7.61. The number of hydrogen-bond donors (Lipinski definition) is 1. The van der Waals surface area contributed by atoms with E-state index in [0.29, 0.717) is 25.3 Å². The summed E-state index contributed by atoms with van der Waals surface area (Å²) in [5.74, 6) is 0.677. The summed E-state index contributed by atoms with van der Waals surface area (Å²) < 4.78 is 22.4. The van der Waals surface area contributed by atoms with Crippen molar-refractivity contribution in [2.24, 2.45) is 5.92 Å². The standard InChI is InChI=1S/C30H33NO6/c32-20-35-18-26-27(19-36-21-33)30(13-10-28(26)37-30)29(31-25-4-2-1-3-5-25)17-23-8-6-22(7-9-23)16-24-11-14-34-15-12-24/h1-10,13,20-21,24,28-29,31H,11-12,14-19H2. The van der Waals surface area contributed by atoms with Gasteiger partial charge in [0.25, 0.3) is 12.9 Å². The SMILES string of the molecule is O=COCC1=C(COC=O)C2(C(Cc3ccc(CC4CCOCC4)cc3)Nc3ccccc3)C=CC1O2. The highest BCUT2D eigenvalue weighted by atomic mass is 16.5. The van der Waals surface area contributed by atoms with Gasteiger partial charge < -0.3 is 24.3 Å². The van der Waals surface area contributed by atoms with Crippen LogP contribution in [0.15, 0.2) is 77.9 Å². The molecule has 3 aliphatic heterocycles. The van der Waals surface area contributed by atoms with Crippen LogP contribution in [0.5, 0.6) is 0 Å².